The van der Waals surface area contributed by atoms with Crippen LogP contribution in [0.15, 0.2) is 28.7 Å². The van der Waals surface area contributed by atoms with E-state index in [1.807, 2.05) is 24.3 Å². The average molecular weight is 218 g/mol. The number of nitrogens with zero attached hydrogens (tertiary/aromatic N) is 2. The van der Waals surface area contributed by atoms with Crippen molar-refractivity contribution in [2.24, 2.45) is 0 Å². The lowest BCUT2D eigenvalue weighted by Gasteiger charge is -2.20. The number of anilines is 1. The number of oxazole rings is 1. The van der Waals surface area contributed by atoms with Gasteiger partial charge in [0.05, 0.1) is 12.6 Å². The van der Waals surface area contributed by atoms with Crippen LogP contribution in [0.2, 0.25) is 0 Å². The molecule has 1 aliphatic heterocycles. The Balaban J connectivity index is 1.99. The standard InChI is InChI=1S/C12H14N2O2/c15-8-9-4-3-7-14(9)12-13-10-5-1-2-6-11(10)16-12/h1-2,5-6,9,15H,3-4,7-8H2/t9-/m1/s1. The van der Waals surface area contributed by atoms with E-state index in [4.69, 9.17) is 4.42 Å². The van der Waals surface area contributed by atoms with Gasteiger partial charge in [-0.05, 0) is 25.0 Å². The van der Waals surface area contributed by atoms with E-state index in [-0.39, 0.29) is 12.6 Å². The molecule has 4 heteroatoms. The summed E-state index contributed by atoms with van der Waals surface area (Å²) in [5.74, 6) is 0. The molecule has 1 fully saturated rings. The van der Waals surface area contributed by atoms with Gasteiger partial charge in [-0.2, -0.15) is 4.98 Å². The monoisotopic (exact) mass is 218 g/mol. The van der Waals surface area contributed by atoms with E-state index >= 15 is 0 Å². The number of aliphatic hydroxyl groups is 1. The Morgan fingerprint density at radius 1 is 1.44 bits per heavy atom. The molecule has 0 radical (unpaired) electrons. The Morgan fingerprint density at radius 2 is 2.31 bits per heavy atom. The molecule has 84 valence electrons. The fourth-order valence-corrected chi connectivity index (χ4v) is 2.26. The second-order valence-electron chi connectivity index (χ2n) is 4.14. The molecule has 0 bridgehead atoms. The summed E-state index contributed by atoms with van der Waals surface area (Å²) in [6.45, 7) is 1.08. The number of rotatable bonds is 2. The highest BCUT2D eigenvalue weighted by Crippen LogP contribution is 2.27. The Hall–Kier alpha value is -1.55. The molecule has 1 aromatic carbocycles. The Kier molecular flexibility index (Phi) is 2.29. The molecule has 1 aliphatic rings. The van der Waals surface area contributed by atoms with Crippen LogP contribution in [-0.4, -0.2) is 29.3 Å². The molecule has 1 atom stereocenters. The van der Waals surface area contributed by atoms with Crippen LogP contribution >= 0.6 is 0 Å². The quantitative estimate of drug-likeness (QED) is 0.834. The zero-order valence-electron chi connectivity index (χ0n) is 8.97. The van der Waals surface area contributed by atoms with E-state index in [2.05, 4.69) is 9.88 Å². The molecule has 3 rings (SSSR count). The largest absolute Gasteiger partial charge is 0.423 e. The van der Waals surface area contributed by atoms with Crippen LogP contribution in [0.25, 0.3) is 11.1 Å². The first kappa shape index (κ1) is 9.66. The highest BCUT2D eigenvalue weighted by atomic mass is 16.4. The minimum absolute atomic E-state index is 0.160. The summed E-state index contributed by atoms with van der Waals surface area (Å²) in [6, 6.07) is 8.53. The number of fused-ring (bicyclic) bond motifs is 1. The smallest absolute Gasteiger partial charge is 0.298 e. The molecule has 2 heterocycles. The molecule has 1 N–H and O–H groups in total. The molecule has 0 amide bonds. The maximum Gasteiger partial charge on any atom is 0.298 e. The zero-order chi connectivity index (χ0) is 11.0. The summed E-state index contributed by atoms with van der Waals surface area (Å²) in [4.78, 5) is 6.50. The molecule has 1 aromatic heterocycles. The van der Waals surface area contributed by atoms with E-state index in [1.165, 1.54) is 0 Å². The summed E-state index contributed by atoms with van der Waals surface area (Å²) in [5, 5.41) is 9.26. The average Bonchev–Trinajstić information content (AvgIpc) is 2.94. The number of para-hydroxylation sites is 2. The van der Waals surface area contributed by atoms with E-state index in [9.17, 15) is 5.11 Å². The Bertz CT molecular complexity index is 461. The molecular weight excluding hydrogens is 204 g/mol. The first-order chi connectivity index (χ1) is 7.88. The molecule has 2 aromatic rings. The lowest BCUT2D eigenvalue weighted by Crippen LogP contribution is -2.32. The molecule has 4 nitrogen and oxygen atoms in total. The lowest BCUT2D eigenvalue weighted by molar-refractivity contribution is 0.263. The Morgan fingerprint density at radius 3 is 3.12 bits per heavy atom. The topological polar surface area (TPSA) is 49.5 Å². The van der Waals surface area contributed by atoms with Gasteiger partial charge in [-0.3, -0.25) is 0 Å². The fraction of sp³-hybridized carbons (Fsp3) is 0.417. The van der Waals surface area contributed by atoms with Crippen LogP contribution < -0.4 is 4.90 Å². The van der Waals surface area contributed by atoms with E-state index in [0.717, 1.165) is 30.5 Å². The van der Waals surface area contributed by atoms with E-state index in [0.29, 0.717) is 6.01 Å². The number of benzene rings is 1. The van der Waals surface area contributed by atoms with Gasteiger partial charge in [0.15, 0.2) is 5.58 Å². The Labute approximate surface area is 93.5 Å². The predicted octanol–water partition coefficient (Wildman–Crippen LogP) is 1.79. The first-order valence-corrected chi connectivity index (χ1v) is 5.61. The predicted molar refractivity (Wildman–Crippen MR) is 61.5 cm³/mol. The van der Waals surface area contributed by atoms with Crippen LogP contribution in [0.3, 0.4) is 0 Å². The van der Waals surface area contributed by atoms with E-state index < -0.39 is 0 Å². The van der Waals surface area contributed by atoms with Gasteiger partial charge >= 0.3 is 0 Å². The molecule has 16 heavy (non-hydrogen) atoms. The van der Waals surface area contributed by atoms with Gasteiger partial charge < -0.3 is 14.4 Å². The van der Waals surface area contributed by atoms with Crippen molar-refractivity contribution >= 4 is 17.1 Å². The highest BCUT2D eigenvalue weighted by molar-refractivity contribution is 5.74. The summed E-state index contributed by atoms with van der Waals surface area (Å²) < 4.78 is 5.69. The molecule has 0 saturated carbocycles. The first-order valence-electron chi connectivity index (χ1n) is 5.61. The number of hydrogen-bond donors (Lipinski definition) is 1. The zero-order valence-corrected chi connectivity index (χ0v) is 8.97. The lowest BCUT2D eigenvalue weighted by atomic mass is 10.2. The minimum Gasteiger partial charge on any atom is -0.423 e. The van der Waals surface area contributed by atoms with Gasteiger partial charge in [0.25, 0.3) is 6.01 Å². The third-order valence-corrected chi connectivity index (χ3v) is 3.12. The molecule has 0 spiro atoms. The second kappa shape index (κ2) is 3.79. The van der Waals surface area contributed by atoms with Crippen LogP contribution in [0.1, 0.15) is 12.8 Å². The summed E-state index contributed by atoms with van der Waals surface area (Å²) in [6.07, 6.45) is 2.10. The summed E-state index contributed by atoms with van der Waals surface area (Å²) in [5.41, 5.74) is 1.68. The SMILES string of the molecule is OC[C@H]1CCCN1c1nc2ccccc2o1. The van der Waals surface area contributed by atoms with Gasteiger partial charge in [0.1, 0.15) is 5.52 Å². The van der Waals surface area contributed by atoms with Crippen LogP contribution in [0, 0.1) is 0 Å². The normalized spacial score (nSPS) is 20.8. The number of hydrogen-bond acceptors (Lipinski definition) is 4. The van der Waals surface area contributed by atoms with Gasteiger partial charge in [0, 0.05) is 6.54 Å². The van der Waals surface area contributed by atoms with E-state index in [1.54, 1.807) is 0 Å². The third-order valence-electron chi connectivity index (χ3n) is 3.12. The third kappa shape index (κ3) is 1.46. The second-order valence-corrected chi connectivity index (χ2v) is 4.14. The van der Waals surface area contributed by atoms with Crippen molar-refractivity contribution in [3.63, 3.8) is 0 Å². The van der Waals surface area contributed by atoms with Crippen LogP contribution in [-0.2, 0) is 0 Å². The number of aromatic nitrogens is 1. The van der Waals surface area contributed by atoms with Crippen molar-refractivity contribution < 1.29 is 9.52 Å². The molecule has 0 aliphatic carbocycles. The van der Waals surface area contributed by atoms with Gasteiger partial charge in [-0.1, -0.05) is 12.1 Å². The van der Waals surface area contributed by atoms with Crippen molar-refractivity contribution in [1.82, 2.24) is 4.98 Å². The van der Waals surface area contributed by atoms with Crippen molar-refractivity contribution in [1.29, 1.82) is 0 Å². The van der Waals surface area contributed by atoms with Gasteiger partial charge in [0.2, 0.25) is 0 Å². The van der Waals surface area contributed by atoms with Crippen molar-refractivity contribution in [3.8, 4) is 0 Å². The maximum absolute atomic E-state index is 9.26. The molecular formula is C12H14N2O2. The maximum atomic E-state index is 9.26. The van der Waals surface area contributed by atoms with Crippen molar-refractivity contribution in [3.05, 3.63) is 24.3 Å². The van der Waals surface area contributed by atoms with Gasteiger partial charge in [-0.15, -0.1) is 0 Å². The van der Waals surface area contributed by atoms with Gasteiger partial charge in [-0.25, -0.2) is 0 Å². The fourth-order valence-electron chi connectivity index (χ4n) is 2.26. The highest BCUT2D eigenvalue weighted by Gasteiger charge is 2.27. The van der Waals surface area contributed by atoms with Crippen molar-refractivity contribution in [2.45, 2.75) is 18.9 Å². The number of aliphatic hydroxyl groups excluding tert-OH is 1. The summed E-state index contributed by atoms with van der Waals surface area (Å²) >= 11 is 0. The molecule has 0 unspecified atom stereocenters. The van der Waals surface area contributed by atoms with Crippen molar-refractivity contribution in [2.75, 3.05) is 18.1 Å². The van der Waals surface area contributed by atoms with Crippen LogP contribution in [0.4, 0.5) is 6.01 Å². The molecule has 1 saturated heterocycles. The minimum atomic E-state index is 0.160. The van der Waals surface area contributed by atoms with Crippen LogP contribution in [0.5, 0.6) is 0 Å². The summed E-state index contributed by atoms with van der Waals surface area (Å²) in [7, 11) is 0.